The summed E-state index contributed by atoms with van der Waals surface area (Å²) in [5.41, 5.74) is 0. The maximum Gasteiger partial charge on any atom is 0.0833 e. The van der Waals surface area contributed by atoms with Crippen LogP contribution in [0.25, 0.3) is 0 Å². The minimum absolute atomic E-state index is 0.277. The normalized spacial score (nSPS) is 44.2. The van der Waals surface area contributed by atoms with Gasteiger partial charge in [-0.2, -0.15) is 0 Å². The van der Waals surface area contributed by atoms with Gasteiger partial charge < -0.3 is 9.47 Å². The summed E-state index contributed by atoms with van der Waals surface area (Å²) in [4.78, 5) is 0. The first-order valence-electron chi connectivity index (χ1n) is 4.54. The van der Waals surface area contributed by atoms with Crippen molar-refractivity contribution in [3.8, 4) is 0 Å². The van der Waals surface area contributed by atoms with Gasteiger partial charge in [0.15, 0.2) is 0 Å². The minimum atomic E-state index is 0.277. The third-order valence-electron chi connectivity index (χ3n) is 2.61. The summed E-state index contributed by atoms with van der Waals surface area (Å²) in [6.45, 7) is 1.96. The fourth-order valence-corrected chi connectivity index (χ4v) is 2.83. The molecular weight excluding hydrogens is 156 g/mol. The van der Waals surface area contributed by atoms with Crippen molar-refractivity contribution >= 4 is 10.2 Å². The lowest BCUT2D eigenvalue weighted by atomic mass is 10.0. The molecule has 2 aliphatic rings. The van der Waals surface area contributed by atoms with Crippen molar-refractivity contribution < 1.29 is 9.47 Å². The molecule has 2 fully saturated rings. The number of hydrogen-bond donors (Lipinski definition) is 0. The molecule has 64 valence electrons. The number of ether oxygens (including phenoxy) is 2. The van der Waals surface area contributed by atoms with Gasteiger partial charge in [-0.15, -0.1) is 0 Å². The zero-order valence-corrected chi connectivity index (χ0v) is 9.14. The first-order chi connectivity index (χ1) is 5.29. The van der Waals surface area contributed by atoms with Crippen molar-refractivity contribution in [2.24, 2.45) is 0 Å². The Morgan fingerprint density at radius 1 is 1.45 bits per heavy atom. The van der Waals surface area contributed by atoms with Gasteiger partial charge in [-0.1, -0.05) is 0 Å². The first kappa shape index (κ1) is 7.77. The lowest BCUT2D eigenvalue weighted by Crippen LogP contribution is -2.38. The van der Waals surface area contributed by atoms with Crippen LogP contribution in [0.4, 0.5) is 0 Å². The van der Waals surface area contributed by atoms with E-state index in [1.807, 2.05) is 0 Å². The molecule has 0 saturated carbocycles. The van der Waals surface area contributed by atoms with Gasteiger partial charge in [-0.05, 0) is 19.3 Å². The quantitative estimate of drug-likeness (QED) is 0.433. The molecule has 2 unspecified atom stereocenters. The van der Waals surface area contributed by atoms with Crippen LogP contribution in [0.5, 0.6) is 0 Å². The zero-order valence-electron chi connectivity index (χ0n) is 7.14. The molecule has 2 saturated heterocycles. The molecule has 11 heavy (non-hydrogen) atoms. The van der Waals surface area contributed by atoms with Gasteiger partial charge in [0.05, 0.1) is 17.9 Å². The Hall–Kier alpha value is 0.137. The van der Waals surface area contributed by atoms with Crippen molar-refractivity contribution in [2.75, 3.05) is 13.2 Å². The predicted octanol–water partition coefficient (Wildman–Crippen LogP) is 0.0375. The zero-order chi connectivity index (χ0) is 7.73. The van der Waals surface area contributed by atoms with Gasteiger partial charge in [0, 0.05) is 23.3 Å². The smallest absolute Gasteiger partial charge is 0.0833 e. The summed E-state index contributed by atoms with van der Waals surface area (Å²) in [5, 5.41) is 0.277. The van der Waals surface area contributed by atoms with E-state index in [-0.39, 0.29) is 5.22 Å². The number of epoxide rings is 1. The molecule has 0 aliphatic carbocycles. The molecular formula is C8H16O2Si. The van der Waals surface area contributed by atoms with Gasteiger partial charge in [-0.3, -0.25) is 0 Å². The summed E-state index contributed by atoms with van der Waals surface area (Å²) in [7, 11) is 1.17. The van der Waals surface area contributed by atoms with E-state index >= 15 is 0 Å². The highest BCUT2D eigenvalue weighted by atomic mass is 28.1. The summed E-state index contributed by atoms with van der Waals surface area (Å²) in [6, 6.07) is 0. The van der Waals surface area contributed by atoms with Crippen LogP contribution in [0.3, 0.4) is 0 Å². The van der Waals surface area contributed by atoms with Crippen molar-refractivity contribution in [3.63, 3.8) is 0 Å². The predicted molar refractivity (Wildman–Crippen MR) is 46.8 cm³/mol. The fraction of sp³-hybridized carbons (Fsp3) is 1.00. The van der Waals surface area contributed by atoms with Gasteiger partial charge in [0.25, 0.3) is 0 Å². The third-order valence-corrected chi connectivity index (χ3v) is 3.81. The van der Waals surface area contributed by atoms with E-state index in [0.29, 0.717) is 6.10 Å². The van der Waals surface area contributed by atoms with E-state index in [1.165, 1.54) is 35.9 Å². The maximum atomic E-state index is 5.80. The molecule has 0 radical (unpaired) electrons. The van der Waals surface area contributed by atoms with Crippen LogP contribution in [0.2, 0.25) is 0 Å². The third kappa shape index (κ3) is 2.04. The van der Waals surface area contributed by atoms with Crippen molar-refractivity contribution in [3.05, 3.63) is 0 Å². The molecule has 2 aliphatic heterocycles. The van der Waals surface area contributed by atoms with Crippen LogP contribution in [-0.4, -0.2) is 34.8 Å². The second-order valence-corrected chi connectivity index (χ2v) is 5.74. The topological polar surface area (TPSA) is 21.8 Å². The highest BCUT2D eigenvalue weighted by Gasteiger charge is 2.35. The largest absolute Gasteiger partial charge is 0.379 e. The molecule has 2 heterocycles. The second-order valence-electron chi connectivity index (χ2n) is 3.91. The monoisotopic (exact) mass is 172 g/mol. The van der Waals surface area contributed by atoms with Gasteiger partial charge in [0.1, 0.15) is 0 Å². The molecule has 0 aromatic rings. The average Bonchev–Trinajstić information content (AvgIpc) is 2.72. The van der Waals surface area contributed by atoms with Crippen LogP contribution < -0.4 is 0 Å². The second kappa shape index (κ2) is 2.88. The van der Waals surface area contributed by atoms with E-state index in [1.54, 1.807) is 0 Å². The molecule has 2 nitrogen and oxygen atoms in total. The van der Waals surface area contributed by atoms with Crippen LogP contribution in [0.1, 0.15) is 25.7 Å². The Balaban J connectivity index is 1.84. The Morgan fingerprint density at radius 3 is 2.82 bits per heavy atom. The molecule has 2 rings (SSSR count). The molecule has 3 heteroatoms. The van der Waals surface area contributed by atoms with Crippen molar-refractivity contribution in [1.29, 1.82) is 0 Å². The van der Waals surface area contributed by atoms with E-state index < -0.39 is 0 Å². The molecule has 0 bridgehead atoms. The Morgan fingerprint density at radius 2 is 2.27 bits per heavy atom. The minimum Gasteiger partial charge on any atom is -0.379 e. The molecule has 0 amide bonds. The van der Waals surface area contributed by atoms with E-state index in [4.69, 9.17) is 9.47 Å². The molecule has 0 spiro atoms. The highest BCUT2D eigenvalue weighted by molar-refractivity contribution is 6.14. The van der Waals surface area contributed by atoms with E-state index in [0.717, 1.165) is 13.2 Å². The van der Waals surface area contributed by atoms with Crippen LogP contribution >= 0.6 is 0 Å². The van der Waals surface area contributed by atoms with Crippen molar-refractivity contribution in [1.82, 2.24) is 0 Å². The van der Waals surface area contributed by atoms with Gasteiger partial charge in [-0.25, -0.2) is 0 Å². The maximum absolute atomic E-state index is 5.80. The summed E-state index contributed by atoms with van der Waals surface area (Å²) >= 11 is 0. The van der Waals surface area contributed by atoms with Crippen molar-refractivity contribution in [2.45, 2.75) is 37.0 Å². The average molecular weight is 172 g/mol. The fourth-order valence-electron chi connectivity index (χ4n) is 1.82. The number of hydrogen-bond acceptors (Lipinski definition) is 2. The van der Waals surface area contributed by atoms with E-state index in [9.17, 15) is 0 Å². The lowest BCUT2D eigenvalue weighted by Gasteiger charge is -2.33. The summed E-state index contributed by atoms with van der Waals surface area (Å²) < 4.78 is 11.0. The lowest BCUT2D eigenvalue weighted by molar-refractivity contribution is -0.0264. The van der Waals surface area contributed by atoms with Gasteiger partial charge in [0.2, 0.25) is 0 Å². The summed E-state index contributed by atoms with van der Waals surface area (Å²) in [5.74, 6) is 0. The Kier molecular flexibility index (Phi) is 2.04. The molecule has 2 atom stereocenters. The number of rotatable bonds is 2. The van der Waals surface area contributed by atoms with Gasteiger partial charge >= 0.3 is 0 Å². The molecule has 0 aromatic heterocycles. The Bertz CT molecular complexity index is 139. The SMILES string of the molecule is [SiH3]C1(CC2CO2)CCCCO1. The standard InChI is InChI=1S/C8H16O2Si/c11-8(5-7-6-9-7)3-1-2-4-10-8/h7H,1-6H2,11H3. The van der Waals surface area contributed by atoms with Crippen LogP contribution in [0.15, 0.2) is 0 Å². The molecule has 0 aromatic carbocycles. The van der Waals surface area contributed by atoms with Crippen LogP contribution in [0, 0.1) is 0 Å². The Labute approximate surface area is 70.7 Å². The highest BCUT2D eigenvalue weighted by Crippen LogP contribution is 2.30. The van der Waals surface area contributed by atoms with Crippen LogP contribution in [-0.2, 0) is 9.47 Å². The molecule has 0 N–H and O–H groups in total. The summed E-state index contributed by atoms with van der Waals surface area (Å²) in [6.07, 6.45) is 5.61. The first-order valence-corrected chi connectivity index (χ1v) is 5.54. The van der Waals surface area contributed by atoms with E-state index in [2.05, 4.69) is 0 Å².